The molecule has 2 atom stereocenters. The van der Waals surface area contributed by atoms with Crippen LogP contribution in [-0.2, 0) is 42.0 Å². The number of nitrogens with one attached hydrogen (secondary N) is 4. The zero-order valence-electron chi connectivity index (χ0n) is 78.6. The fourth-order valence-corrected chi connectivity index (χ4v) is 17.1. The number of carbonyl (C=O) groups excluding carboxylic acids is 8. The Kier molecular flexibility index (Phi) is 32.4. The van der Waals surface area contributed by atoms with Crippen molar-refractivity contribution in [2.24, 2.45) is 28.9 Å². The minimum Gasteiger partial charge on any atom is -0.383 e. The maximum absolute atomic E-state index is 14.8. The Labute approximate surface area is 807 Å². The Morgan fingerprint density at radius 2 is 0.761 bits per heavy atom. The highest BCUT2D eigenvalue weighted by Gasteiger charge is 2.59. The first kappa shape index (κ1) is 106. The van der Waals surface area contributed by atoms with Crippen molar-refractivity contribution in [2.45, 2.75) is 167 Å². The number of amides is 8. The van der Waals surface area contributed by atoms with Crippen LogP contribution in [0.15, 0.2) is 170 Å². The van der Waals surface area contributed by atoms with Gasteiger partial charge in [0, 0.05) is 103 Å². The normalized spacial score (nSPS) is 15.1. The number of nitrogens with zero attached hydrogens (tertiary/aromatic N) is 9. The van der Waals surface area contributed by atoms with Crippen LogP contribution < -0.4 is 67.1 Å². The number of halogens is 12. The van der Waals surface area contributed by atoms with E-state index < -0.39 is 131 Å². The van der Waals surface area contributed by atoms with Crippen molar-refractivity contribution < 1.29 is 95.8 Å². The molecule has 2 aliphatic heterocycles. The number of ether oxygens (including phenoxy) is 1. The number of likely N-dealkylation sites (tertiary alicyclic amines) is 1. The molecule has 12 aromatic rings. The first-order valence-electron chi connectivity index (χ1n) is 45.0. The van der Waals surface area contributed by atoms with E-state index in [1.807, 2.05) is 24.3 Å². The van der Waals surface area contributed by atoms with Gasteiger partial charge in [0.1, 0.15) is 97.6 Å². The van der Waals surface area contributed by atoms with Crippen LogP contribution in [0.25, 0.3) is 45.0 Å². The summed E-state index contributed by atoms with van der Waals surface area (Å²) >= 11 is 0. The zero-order valence-corrected chi connectivity index (χ0v) is 78.6. The topological polar surface area (TPSA) is 477 Å². The third-order valence-corrected chi connectivity index (χ3v) is 25.5. The van der Waals surface area contributed by atoms with Crippen LogP contribution in [0.3, 0.4) is 0 Å². The van der Waals surface area contributed by atoms with Gasteiger partial charge in [-0.1, -0.05) is 141 Å². The van der Waals surface area contributed by atoms with Gasteiger partial charge < -0.3 is 76.8 Å². The summed E-state index contributed by atoms with van der Waals surface area (Å²) in [6.45, 7) is 11.1. The van der Waals surface area contributed by atoms with E-state index in [9.17, 15) is 91.0 Å². The van der Waals surface area contributed by atoms with Crippen molar-refractivity contribution in [1.29, 1.82) is 0 Å². The largest absolute Gasteiger partial charge is 0.413 e. The molecule has 42 heteroatoms. The van der Waals surface area contributed by atoms with Crippen molar-refractivity contribution >= 4 is 70.5 Å². The van der Waals surface area contributed by atoms with E-state index >= 15 is 0 Å². The molecule has 2 saturated heterocycles. The number of aromatic nitrogens is 8. The van der Waals surface area contributed by atoms with E-state index in [1.54, 1.807) is 94.0 Å². The number of hydrogen-bond acceptors (Lipinski definition) is 18. The molecule has 0 bridgehead atoms. The Balaban J connectivity index is 0.000000169. The van der Waals surface area contributed by atoms with Gasteiger partial charge >= 0.3 is 12.4 Å². The predicted molar refractivity (Wildman–Crippen MR) is 508 cm³/mol. The number of primary amides is 4. The monoisotopic (exact) mass is 1970 g/mol. The number of rotatable bonds is 25. The van der Waals surface area contributed by atoms with Gasteiger partial charge in [0.05, 0.1) is 12.6 Å². The van der Waals surface area contributed by atoms with Gasteiger partial charge in [-0.05, 0) is 174 Å². The van der Waals surface area contributed by atoms with Gasteiger partial charge in [-0.25, -0.2) is 45.1 Å². The maximum atomic E-state index is 14.8. The van der Waals surface area contributed by atoms with Crippen LogP contribution in [-0.4, -0.2) is 143 Å². The standard InChI is InChI=1S/C27H32FN5O2.C25H25F4N5O3.C25H27F3N6O2.C23H23F4N5O2/c1-16-8-13-21(28)14-22(16)27(35)31-15-18-9-11-20(12-10-18)24-23(26(30)34)25(29)33(32-24)17(2)19-6-4-3-5-7-19;1-14-2-7-17(26)12-18(14)23(36)32-13-15-3-5-16(6-4-15)20-19(22(31)35)21(30)34(33-20)24(25(27,28)29)8-10-37-11-9-24;1-14-3-8-17(26)11-18(14)24(36)31-12-15-4-6-16(7-5-15)21-20(23(30)35)22(29)34(32-21)19-9-10-33(2)13-25(19,27)28;1-12-4-9-15(24)10-16(12)21(34)30-11-13-5-7-14(8-6-13)18-17(20(29)33)19(28)32(31-18)22(2,3)23(25,26)27/h8-14,17,19H,3-7,15,29H2,1-2H3,(H2,30,34)(H,31,35);2-7,12H,8-11,13,30H2,1H3,(H2,31,35)(H,32,36);3-8,11,19H,9-10,12-13,29H2,1-2H3,(H2,30,35)(H,31,36);4-10H,11,28H2,1-3H3,(H2,29,33)(H,30,34). The van der Waals surface area contributed by atoms with Crippen LogP contribution in [0, 0.1) is 56.9 Å². The summed E-state index contributed by atoms with van der Waals surface area (Å²) in [4.78, 5) is 99.9. The SMILES string of the molecule is Cc1ccc(F)cc1C(=O)NCc1ccc(-c2nn(C(C)(C)C(F)(F)F)c(N)c2C(N)=O)cc1.Cc1ccc(F)cc1C(=O)NCc1ccc(-c2nn(C(C)C3CCCCC3)c(N)c2C(N)=O)cc1.Cc1ccc(F)cc1C(=O)NCc1ccc(-c2nn(C3(C(F)(F)F)CCOCC3)c(N)c2C(N)=O)cc1.Cc1ccc(F)cc1C(=O)NCc1ccc(-c2nn(C3CCN(C)CC3(F)F)c(N)c2C(N)=O)cc1. The molecule has 0 spiro atoms. The first-order valence-corrected chi connectivity index (χ1v) is 45.0. The average Bonchev–Trinajstić information content (AvgIpc) is 1.55. The highest BCUT2D eigenvalue weighted by Crippen LogP contribution is 2.48. The van der Waals surface area contributed by atoms with Gasteiger partial charge in [-0.3, -0.25) is 38.4 Å². The summed E-state index contributed by atoms with van der Waals surface area (Å²) < 4.78 is 176. The van der Waals surface area contributed by atoms with E-state index in [-0.39, 0.29) is 120 Å². The lowest BCUT2D eigenvalue weighted by Crippen LogP contribution is -2.52. The highest BCUT2D eigenvalue weighted by atomic mass is 19.4. The highest BCUT2D eigenvalue weighted by molar-refractivity contribution is 6.06. The number of aryl methyl sites for hydroxylation is 4. The van der Waals surface area contributed by atoms with Crippen molar-refractivity contribution in [1.82, 2.24) is 65.3 Å². The number of hydrogen-bond donors (Lipinski definition) is 12. The van der Waals surface area contributed by atoms with Crippen molar-refractivity contribution in [3.63, 3.8) is 0 Å². The van der Waals surface area contributed by atoms with Crippen LogP contribution in [0.2, 0.25) is 0 Å². The van der Waals surface area contributed by atoms with E-state index in [1.165, 1.54) is 103 Å². The Bertz CT molecular complexity index is 6700. The number of carbonyl (C=O) groups is 8. The Morgan fingerprint density at radius 3 is 1.10 bits per heavy atom. The van der Waals surface area contributed by atoms with E-state index in [4.69, 9.17) is 55.7 Å². The van der Waals surface area contributed by atoms with Crippen molar-refractivity contribution in [3.05, 3.63) is 282 Å². The van der Waals surface area contributed by atoms with E-state index in [0.717, 1.165) is 60.2 Å². The molecule has 20 N–H and O–H groups in total. The summed E-state index contributed by atoms with van der Waals surface area (Å²) in [6.07, 6.45) is -4.22. The smallest absolute Gasteiger partial charge is 0.383 e. The molecule has 750 valence electrons. The van der Waals surface area contributed by atoms with Crippen molar-refractivity contribution in [2.75, 3.05) is 56.3 Å². The lowest BCUT2D eigenvalue weighted by atomic mass is 9.84. The summed E-state index contributed by atoms with van der Waals surface area (Å²) in [5.74, 6) is -10.7. The molecule has 30 nitrogen and oxygen atoms in total. The lowest BCUT2D eigenvalue weighted by molar-refractivity contribution is -0.238. The fourth-order valence-electron chi connectivity index (χ4n) is 17.1. The second-order valence-electron chi connectivity index (χ2n) is 35.6. The average molecular weight is 1980 g/mol. The zero-order chi connectivity index (χ0) is 104. The number of piperidine rings is 1. The molecule has 142 heavy (non-hydrogen) atoms. The molecular weight excluding hydrogens is 1870 g/mol. The molecule has 6 heterocycles. The number of benzene rings is 8. The van der Waals surface area contributed by atoms with Gasteiger partial charge in [0.15, 0.2) is 11.1 Å². The molecular formula is C100H107F12N21O9. The molecule has 3 fully saturated rings. The minimum atomic E-state index is -4.70. The molecule has 8 aromatic carbocycles. The number of alkyl halides is 8. The number of nitrogens with two attached hydrogens (primary N) is 8. The summed E-state index contributed by atoms with van der Waals surface area (Å²) in [6, 6.07) is 41.3. The molecule has 4 aromatic heterocycles. The van der Waals surface area contributed by atoms with Crippen LogP contribution in [0.1, 0.15) is 212 Å². The summed E-state index contributed by atoms with van der Waals surface area (Å²) in [7, 11) is 1.61. The molecule has 15 rings (SSSR count). The Hall–Kier alpha value is -15.4. The second kappa shape index (κ2) is 43.6. The minimum absolute atomic E-state index is 0.0721. The third kappa shape index (κ3) is 23.5. The quantitative estimate of drug-likeness (QED) is 0.0236. The molecule has 0 radical (unpaired) electrons. The van der Waals surface area contributed by atoms with Gasteiger partial charge in [-0.15, -0.1) is 0 Å². The van der Waals surface area contributed by atoms with Gasteiger partial charge in [0.2, 0.25) is 0 Å². The summed E-state index contributed by atoms with van der Waals surface area (Å²) in [5.41, 5.74) is 49.6. The predicted octanol–water partition coefficient (Wildman–Crippen LogP) is 15.5. The molecule has 1 aliphatic carbocycles. The first-order chi connectivity index (χ1) is 66.9. The summed E-state index contributed by atoms with van der Waals surface area (Å²) in [5, 5.41) is 28.0. The van der Waals surface area contributed by atoms with Gasteiger partial charge in [-0.2, -0.15) is 46.7 Å². The molecule has 2 unspecified atom stereocenters. The van der Waals surface area contributed by atoms with E-state index in [2.05, 4.69) is 43.5 Å². The molecule has 1 saturated carbocycles. The Morgan fingerprint density at radius 1 is 0.437 bits per heavy atom. The molecule has 8 amide bonds. The van der Waals surface area contributed by atoms with Crippen LogP contribution in [0.4, 0.5) is 76.0 Å². The second-order valence-corrected chi connectivity index (χ2v) is 35.6. The number of anilines is 4. The maximum Gasteiger partial charge on any atom is 0.413 e. The lowest BCUT2D eigenvalue weighted by Gasteiger charge is -2.39. The van der Waals surface area contributed by atoms with E-state index in [0.29, 0.717) is 89.0 Å². The fraction of sp³-hybridized carbons (Fsp3) is 0.320. The van der Waals surface area contributed by atoms with Crippen LogP contribution >= 0.6 is 0 Å². The molecule has 3 aliphatic rings. The third-order valence-electron chi connectivity index (χ3n) is 25.5. The number of nitrogen functional groups attached to an aromatic ring is 4. The van der Waals surface area contributed by atoms with Gasteiger partial charge in [0.25, 0.3) is 53.2 Å². The van der Waals surface area contributed by atoms with Crippen LogP contribution in [0.5, 0.6) is 0 Å². The van der Waals surface area contributed by atoms with Crippen molar-refractivity contribution in [3.8, 4) is 45.0 Å².